The fourth-order valence-corrected chi connectivity index (χ4v) is 5.34. The van der Waals surface area contributed by atoms with Crippen molar-refractivity contribution < 1.29 is 8.42 Å². The highest BCUT2D eigenvalue weighted by Crippen LogP contribution is 2.29. The van der Waals surface area contributed by atoms with Gasteiger partial charge in [0.25, 0.3) is 5.56 Å². The van der Waals surface area contributed by atoms with E-state index in [4.69, 9.17) is 0 Å². The Morgan fingerprint density at radius 3 is 2.50 bits per heavy atom. The maximum absolute atomic E-state index is 12.9. The predicted octanol–water partition coefficient (Wildman–Crippen LogP) is 2.00. The molecule has 2 aromatic rings. The molecule has 10 heteroatoms. The number of hydrogen-bond acceptors (Lipinski definition) is 7. The summed E-state index contributed by atoms with van der Waals surface area (Å²) in [5.41, 5.74) is 0.380. The van der Waals surface area contributed by atoms with Gasteiger partial charge in [-0.1, -0.05) is 19.3 Å². The molecule has 1 N–H and O–H groups in total. The van der Waals surface area contributed by atoms with Crippen LogP contribution in [0.2, 0.25) is 0 Å². The normalized spacial score (nSPS) is 19.6. The molecule has 0 aromatic carbocycles. The van der Waals surface area contributed by atoms with Gasteiger partial charge in [-0.05, 0) is 31.7 Å². The van der Waals surface area contributed by atoms with Crippen molar-refractivity contribution in [2.24, 2.45) is 0 Å². The molecule has 30 heavy (non-hydrogen) atoms. The monoisotopic (exact) mass is 430 g/mol. The fourth-order valence-electron chi connectivity index (χ4n) is 4.46. The van der Waals surface area contributed by atoms with Crippen LogP contribution in [0.3, 0.4) is 0 Å². The van der Waals surface area contributed by atoms with E-state index in [1.807, 2.05) is 6.07 Å². The van der Waals surface area contributed by atoms with Gasteiger partial charge in [0.15, 0.2) is 0 Å². The number of rotatable bonds is 4. The molecule has 0 atom stereocenters. The van der Waals surface area contributed by atoms with Gasteiger partial charge in [-0.3, -0.25) is 9.36 Å². The zero-order valence-electron chi connectivity index (χ0n) is 17.0. The van der Waals surface area contributed by atoms with Crippen LogP contribution < -0.4 is 10.9 Å². The molecule has 0 spiro atoms. The van der Waals surface area contributed by atoms with Crippen LogP contribution in [0.25, 0.3) is 11.0 Å². The van der Waals surface area contributed by atoms with Gasteiger partial charge in [0, 0.05) is 36.8 Å². The molecule has 1 aliphatic heterocycles. The second-order valence-electron chi connectivity index (χ2n) is 8.19. The Balaban J connectivity index is 1.63. The Bertz CT molecular complexity index is 1140. The topological polar surface area (TPSA) is 121 Å². The summed E-state index contributed by atoms with van der Waals surface area (Å²) in [6.45, 7) is 0.921. The Labute approximate surface area is 175 Å². The molecule has 2 aromatic heterocycles. The van der Waals surface area contributed by atoms with E-state index in [-0.39, 0.29) is 23.2 Å². The summed E-state index contributed by atoms with van der Waals surface area (Å²) in [4.78, 5) is 22.0. The third kappa shape index (κ3) is 4.18. The lowest BCUT2D eigenvalue weighted by molar-refractivity contribution is 0.331. The van der Waals surface area contributed by atoms with Gasteiger partial charge in [0.2, 0.25) is 16.0 Å². The number of piperidine rings is 1. The number of hydrogen-bond donors (Lipinski definition) is 1. The Hall–Kier alpha value is -2.51. The quantitative estimate of drug-likeness (QED) is 0.787. The first-order valence-corrected chi connectivity index (χ1v) is 12.3. The van der Waals surface area contributed by atoms with Gasteiger partial charge in [0.05, 0.1) is 6.26 Å². The molecule has 2 aliphatic rings. The second-order valence-corrected chi connectivity index (χ2v) is 10.2. The van der Waals surface area contributed by atoms with Crippen LogP contribution >= 0.6 is 0 Å². The predicted molar refractivity (Wildman–Crippen MR) is 114 cm³/mol. The first kappa shape index (κ1) is 20.8. The summed E-state index contributed by atoms with van der Waals surface area (Å²) < 4.78 is 26.6. The van der Waals surface area contributed by atoms with Crippen molar-refractivity contribution in [3.8, 4) is 6.07 Å². The average Bonchev–Trinajstić information content (AvgIpc) is 2.74. The summed E-state index contributed by atoms with van der Waals surface area (Å²) in [7, 11) is -3.17. The van der Waals surface area contributed by atoms with Crippen molar-refractivity contribution in [3.05, 3.63) is 28.2 Å². The lowest BCUT2D eigenvalue weighted by Crippen LogP contribution is -2.42. The first-order valence-electron chi connectivity index (χ1n) is 10.4. The summed E-state index contributed by atoms with van der Waals surface area (Å²) >= 11 is 0. The van der Waals surface area contributed by atoms with Gasteiger partial charge < -0.3 is 5.32 Å². The molecule has 0 radical (unpaired) electrons. The molecule has 2 fully saturated rings. The van der Waals surface area contributed by atoms with Crippen molar-refractivity contribution in [2.75, 3.05) is 24.7 Å². The van der Waals surface area contributed by atoms with Crippen LogP contribution in [0.5, 0.6) is 0 Å². The standard InChI is InChI=1S/C20H26N6O3S/c1-30(28,29)25-9-7-16(8-10-25)23-20-22-13-15-11-14(12-21)19(27)26(18(15)24-20)17-5-3-2-4-6-17/h11,13,16-17H,2-10H2,1H3,(H,22,23,24). The van der Waals surface area contributed by atoms with E-state index in [9.17, 15) is 18.5 Å². The van der Waals surface area contributed by atoms with Gasteiger partial charge in [-0.15, -0.1) is 0 Å². The molecule has 4 rings (SSSR count). The van der Waals surface area contributed by atoms with Crippen LogP contribution in [0.15, 0.2) is 17.1 Å². The molecule has 1 saturated carbocycles. The van der Waals surface area contributed by atoms with E-state index < -0.39 is 10.0 Å². The van der Waals surface area contributed by atoms with Crippen molar-refractivity contribution in [1.29, 1.82) is 5.26 Å². The SMILES string of the molecule is CS(=O)(=O)N1CCC(Nc2ncc3cc(C#N)c(=O)n(C4CCCCC4)c3n2)CC1. The van der Waals surface area contributed by atoms with E-state index in [1.165, 1.54) is 10.6 Å². The zero-order chi connectivity index (χ0) is 21.3. The number of nitriles is 1. The zero-order valence-corrected chi connectivity index (χ0v) is 17.9. The van der Waals surface area contributed by atoms with E-state index in [2.05, 4.69) is 15.3 Å². The molecule has 0 amide bonds. The molecular formula is C20H26N6O3S. The van der Waals surface area contributed by atoms with Crippen molar-refractivity contribution in [2.45, 2.75) is 57.0 Å². The first-order chi connectivity index (χ1) is 14.4. The molecular weight excluding hydrogens is 404 g/mol. The number of anilines is 1. The van der Waals surface area contributed by atoms with E-state index in [0.29, 0.717) is 42.9 Å². The summed E-state index contributed by atoms with van der Waals surface area (Å²) in [6.07, 6.45) is 9.29. The van der Waals surface area contributed by atoms with E-state index in [0.717, 1.165) is 32.1 Å². The molecule has 160 valence electrons. The highest BCUT2D eigenvalue weighted by Gasteiger charge is 2.26. The number of pyridine rings is 1. The Kier molecular flexibility index (Phi) is 5.75. The van der Waals surface area contributed by atoms with Crippen molar-refractivity contribution in [3.63, 3.8) is 0 Å². The maximum Gasteiger partial charge on any atom is 0.270 e. The molecule has 9 nitrogen and oxygen atoms in total. The average molecular weight is 431 g/mol. The minimum Gasteiger partial charge on any atom is -0.351 e. The lowest BCUT2D eigenvalue weighted by Gasteiger charge is -2.30. The van der Waals surface area contributed by atoms with E-state index >= 15 is 0 Å². The Morgan fingerprint density at radius 2 is 1.87 bits per heavy atom. The van der Waals surface area contributed by atoms with E-state index in [1.54, 1.807) is 16.8 Å². The van der Waals surface area contributed by atoms with Crippen molar-refractivity contribution in [1.82, 2.24) is 18.8 Å². The number of nitrogens with zero attached hydrogens (tertiary/aromatic N) is 5. The minimum absolute atomic E-state index is 0.0443. The number of sulfonamides is 1. The van der Waals surface area contributed by atoms with Crippen LogP contribution in [0.4, 0.5) is 5.95 Å². The number of fused-ring (bicyclic) bond motifs is 1. The van der Waals surface area contributed by atoms with Gasteiger partial charge in [0.1, 0.15) is 17.3 Å². The fraction of sp³-hybridized carbons (Fsp3) is 0.600. The highest BCUT2D eigenvalue weighted by molar-refractivity contribution is 7.88. The largest absolute Gasteiger partial charge is 0.351 e. The number of aromatic nitrogens is 3. The molecule has 0 unspecified atom stereocenters. The summed E-state index contributed by atoms with van der Waals surface area (Å²) in [5, 5.41) is 13.4. The summed E-state index contributed by atoms with van der Waals surface area (Å²) in [5.74, 6) is 0.425. The number of nitrogens with one attached hydrogen (secondary N) is 1. The highest BCUT2D eigenvalue weighted by atomic mass is 32.2. The van der Waals surface area contributed by atoms with Gasteiger partial charge in [-0.2, -0.15) is 10.2 Å². The van der Waals surface area contributed by atoms with Crippen LogP contribution in [0, 0.1) is 11.3 Å². The van der Waals surface area contributed by atoms with Gasteiger partial charge in [-0.25, -0.2) is 17.7 Å². The second kappa shape index (κ2) is 8.32. The lowest BCUT2D eigenvalue weighted by atomic mass is 9.95. The maximum atomic E-state index is 12.9. The molecule has 0 bridgehead atoms. The Morgan fingerprint density at radius 1 is 1.17 bits per heavy atom. The molecule has 3 heterocycles. The van der Waals surface area contributed by atoms with Crippen LogP contribution in [-0.2, 0) is 10.0 Å². The smallest absolute Gasteiger partial charge is 0.270 e. The summed E-state index contributed by atoms with van der Waals surface area (Å²) in [6, 6.07) is 3.67. The van der Waals surface area contributed by atoms with Crippen LogP contribution in [-0.4, -0.2) is 52.6 Å². The molecule has 1 saturated heterocycles. The van der Waals surface area contributed by atoms with Crippen LogP contribution in [0.1, 0.15) is 56.6 Å². The minimum atomic E-state index is -3.17. The third-order valence-corrected chi connectivity index (χ3v) is 7.39. The van der Waals surface area contributed by atoms with Gasteiger partial charge >= 0.3 is 0 Å². The molecule has 1 aliphatic carbocycles. The van der Waals surface area contributed by atoms with Crippen molar-refractivity contribution >= 4 is 27.0 Å². The third-order valence-electron chi connectivity index (χ3n) is 6.09.